The molecule has 2 N–H and O–H groups in total. The lowest BCUT2D eigenvalue weighted by atomic mass is 9.65. The van der Waals surface area contributed by atoms with Crippen molar-refractivity contribution >= 4 is 11.8 Å². The molecule has 0 aromatic heterocycles. The number of hydrogen-bond acceptors (Lipinski definition) is 3. The maximum Gasteiger partial charge on any atom is 0.417 e. The van der Waals surface area contributed by atoms with Gasteiger partial charge in [-0.05, 0) is 60.4 Å². The predicted octanol–water partition coefficient (Wildman–Crippen LogP) is 6.25. The summed E-state index contributed by atoms with van der Waals surface area (Å²) in [4.78, 5) is 12.1. The van der Waals surface area contributed by atoms with E-state index in [9.17, 15) is 9.90 Å². The maximum atomic E-state index is 12.1. The molecule has 0 saturated heterocycles. The van der Waals surface area contributed by atoms with Crippen LogP contribution in [0.15, 0.2) is 78.9 Å². The number of hydrogen-bond donors (Lipinski definition) is 2. The second-order valence-electron chi connectivity index (χ2n) is 7.59. The zero-order valence-corrected chi connectivity index (χ0v) is 16.3. The number of phenols is 1. The SMILES string of the molecule is O=C(Nc1ccccc1)Oc1ccc(C2(c3ccc(O)cc3)CCCCC2)cc1. The molecule has 0 radical (unpaired) electrons. The first kappa shape index (κ1) is 19.1. The van der Waals surface area contributed by atoms with Crippen molar-refractivity contribution in [2.45, 2.75) is 37.5 Å². The van der Waals surface area contributed by atoms with Gasteiger partial charge in [0.15, 0.2) is 0 Å². The van der Waals surface area contributed by atoms with Gasteiger partial charge in [-0.2, -0.15) is 0 Å². The minimum Gasteiger partial charge on any atom is -0.508 e. The topological polar surface area (TPSA) is 58.6 Å². The molecule has 1 fully saturated rings. The molecule has 1 amide bonds. The summed E-state index contributed by atoms with van der Waals surface area (Å²) in [5.41, 5.74) is 3.09. The summed E-state index contributed by atoms with van der Waals surface area (Å²) < 4.78 is 5.43. The third-order valence-electron chi connectivity index (χ3n) is 5.76. The Kier molecular flexibility index (Phi) is 5.52. The lowest BCUT2D eigenvalue weighted by Gasteiger charge is -2.38. The van der Waals surface area contributed by atoms with Crippen LogP contribution in [0.2, 0.25) is 0 Å². The predicted molar refractivity (Wildman–Crippen MR) is 115 cm³/mol. The van der Waals surface area contributed by atoms with Gasteiger partial charge in [-0.3, -0.25) is 5.32 Å². The van der Waals surface area contributed by atoms with Gasteiger partial charge in [-0.15, -0.1) is 0 Å². The van der Waals surface area contributed by atoms with Crippen molar-refractivity contribution < 1.29 is 14.6 Å². The highest BCUT2D eigenvalue weighted by atomic mass is 16.6. The highest BCUT2D eigenvalue weighted by molar-refractivity contribution is 5.86. The van der Waals surface area contributed by atoms with Gasteiger partial charge in [0, 0.05) is 11.1 Å². The van der Waals surface area contributed by atoms with E-state index >= 15 is 0 Å². The zero-order valence-electron chi connectivity index (χ0n) is 16.3. The van der Waals surface area contributed by atoms with Crippen LogP contribution in [-0.4, -0.2) is 11.2 Å². The third kappa shape index (κ3) is 4.27. The molecule has 29 heavy (non-hydrogen) atoms. The number of carbonyl (C=O) groups is 1. The zero-order chi connectivity index (χ0) is 20.1. The number of nitrogens with one attached hydrogen (secondary N) is 1. The first-order valence-corrected chi connectivity index (χ1v) is 10.1. The van der Waals surface area contributed by atoms with Gasteiger partial charge in [-0.25, -0.2) is 4.79 Å². The van der Waals surface area contributed by atoms with Gasteiger partial charge >= 0.3 is 6.09 Å². The van der Waals surface area contributed by atoms with Crippen molar-refractivity contribution in [1.82, 2.24) is 0 Å². The molecule has 0 spiro atoms. The second-order valence-corrected chi connectivity index (χ2v) is 7.59. The minimum atomic E-state index is -0.505. The summed E-state index contributed by atoms with van der Waals surface area (Å²) in [6.07, 6.45) is 5.26. The highest BCUT2D eigenvalue weighted by Gasteiger charge is 2.35. The second kappa shape index (κ2) is 8.39. The molecule has 1 aliphatic rings. The largest absolute Gasteiger partial charge is 0.508 e. The van der Waals surface area contributed by atoms with Crippen molar-refractivity contribution in [3.63, 3.8) is 0 Å². The normalized spacial score (nSPS) is 15.4. The summed E-state index contributed by atoms with van der Waals surface area (Å²) in [6, 6.07) is 24.6. The fourth-order valence-electron chi connectivity index (χ4n) is 4.29. The molecule has 0 aliphatic heterocycles. The van der Waals surface area contributed by atoms with Crippen LogP contribution in [0.25, 0.3) is 0 Å². The number of anilines is 1. The van der Waals surface area contributed by atoms with Gasteiger partial charge in [0.1, 0.15) is 11.5 Å². The average molecular weight is 387 g/mol. The molecule has 1 aliphatic carbocycles. The lowest BCUT2D eigenvalue weighted by Crippen LogP contribution is -2.30. The van der Waals surface area contributed by atoms with Gasteiger partial charge in [0.25, 0.3) is 0 Å². The van der Waals surface area contributed by atoms with E-state index < -0.39 is 6.09 Å². The Morgan fingerprint density at radius 2 is 1.38 bits per heavy atom. The number of aromatic hydroxyl groups is 1. The van der Waals surface area contributed by atoms with E-state index in [2.05, 4.69) is 17.4 Å². The number of carbonyl (C=O) groups excluding carboxylic acids is 1. The van der Waals surface area contributed by atoms with Crippen LogP contribution >= 0.6 is 0 Å². The monoisotopic (exact) mass is 387 g/mol. The van der Waals surface area contributed by atoms with Crippen LogP contribution in [0.1, 0.15) is 43.2 Å². The Hall–Kier alpha value is -3.27. The van der Waals surface area contributed by atoms with E-state index in [1.54, 1.807) is 12.1 Å². The summed E-state index contributed by atoms with van der Waals surface area (Å²) in [5, 5.41) is 12.4. The van der Waals surface area contributed by atoms with Crippen LogP contribution in [-0.2, 0) is 5.41 Å². The molecular formula is C25H25NO3. The van der Waals surface area contributed by atoms with Crippen molar-refractivity contribution in [3.8, 4) is 11.5 Å². The molecule has 4 rings (SSSR count). The number of rotatable bonds is 4. The number of para-hydroxylation sites is 1. The van der Waals surface area contributed by atoms with Crippen LogP contribution in [0.5, 0.6) is 11.5 Å². The molecule has 0 atom stereocenters. The van der Waals surface area contributed by atoms with Crippen LogP contribution < -0.4 is 10.1 Å². The summed E-state index contributed by atoms with van der Waals surface area (Å²) in [7, 11) is 0. The Morgan fingerprint density at radius 3 is 2.00 bits per heavy atom. The van der Waals surface area contributed by atoms with E-state index in [0.717, 1.165) is 12.8 Å². The smallest absolute Gasteiger partial charge is 0.417 e. The fourth-order valence-corrected chi connectivity index (χ4v) is 4.29. The molecular weight excluding hydrogens is 362 g/mol. The van der Waals surface area contributed by atoms with Gasteiger partial charge in [-0.1, -0.05) is 61.7 Å². The number of phenolic OH excluding ortho intramolecular Hbond substituents is 1. The number of amides is 1. The van der Waals surface area contributed by atoms with Crippen LogP contribution in [0, 0.1) is 0 Å². The maximum absolute atomic E-state index is 12.1. The van der Waals surface area contributed by atoms with Crippen molar-refractivity contribution in [2.75, 3.05) is 5.32 Å². The van der Waals surface area contributed by atoms with E-state index in [4.69, 9.17) is 4.74 Å². The Morgan fingerprint density at radius 1 is 0.793 bits per heavy atom. The quantitative estimate of drug-likeness (QED) is 0.556. The summed E-state index contributed by atoms with van der Waals surface area (Å²) >= 11 is 0. The van der Waals surface area contributed by atoms with Crippen molar-refractivity contribution in [3.05, 3.63) is 90.0 Å². The van der Waals surface area contributed by atoms with Crippen molar-refractivity contribution in [2.24, 2.45) is 0 Å². The summed E-state index contributed by atoms with van der Waals surface area (Å²) in [6.45, 7) is 0. The average Bonchev–Trinajstić information content (AvgIpc) is 2.76. The minimum absolute atomic E-state index is 0.0588. The number of benzene rings is 3. The van der Waals surface area contributed by atoms with Gasteiger partial charge in [0.05, 0.1) is 0 Å². The molecule has 4 heteroatoms. The molecule has 1 saturated carbocycles. The lowest BCUT2D eigenvalue weighted by molar-refractivity contribution is 0.215. The van der Waals surface area contributed by atoms with E-state index in [1.165, 1.54) is 30.4 Å². The van der Waals surface area contributed by atoms with E-state index in [1.807, 2.05) is 54.6 Å². The Labute approximate surface area is 171 Å². The van der Waals surface area contributed by atoms with Crippen molar-refractivity contribution in [1.29, 1.82) is 0 Å². The number of ether oxygens (including phenoxy) is 1. The first-order chi connectivity index (χ1) is 14.2. The van der Waals surface area contributed by atoms with Crippen LogP contribution in [0.4, 0.5) is 10.5 Å². The summed E-state index contributed by atoms with van der Waals surface area (Å²) in [5.74, 6) is 0.798. The molecule has 0 bridgehead atoms. The highest BCUT2D eigenvalue weighted by Crippen LogP contribution is 2.45. The van der Waals surface area contributed by atoms with Crippen LogP contribution in [0.3, 0.4) is 0 Å². The molecule has 0 unspecified atom stereocenters. The molecule has 4 nitrogen and oxygen atoms in total. The molecule has 3 aromatic carbocycles. The Bertz CT molecular complexity index is 944. The van der Waals surface area contributed by atoms with E-state index in [-0.39, 0.29) is 11.2 Å². The van der Waals surface area contributed by atoms with Gasteiger partial charge < -0.3 is 9.84 Å². The Balaban J connectivity index is 1.53. The standard InChI is InChI=1S/C25H25NO3/c27-22-13-9-19(10-14-22)25(17-5-2-6-18-25)20-11-15-23(16-12-20)29-24(28)26-21-7-3-1-4-8-21/h1,3-4,7-16,27H,2,5-6,17-18H2,(H,26,28). The first-order valence-electron chi connectivity index (χ1n) is 10.1. The molecule has 0 heterocycles. The third-order valence-corrected chi connectivity index (χ3v) is 5.76. The van der Waals surface area contributed by atoms with Gasteiger partial charge in [0.2, 0.25) is 0 Å². The molecule has 3 aromatic rings. The van der Waals surface area contributed by atoms with E-state index in [0.29, 0.717) is 11.4 Å². The fraction of sp³-hybridized carbons (Fsp3) is 0.240. The molecule has 148 valence electrons.